The van der Waals surface area contributed by atoms with Crippen LogP contribution in [0.1, 0.15) is 24.6 Å². The van der Waals surface area contributed by atoms with Gasteiger partial charge in [-0.3, -0.25) is 10.1 Å². The minimum Gasteiger partial charge on any atom is -0.353 e. The standard InChI is InChI=1S/C16H23N7O2/c1-20(2)14(24)10-22-11-17-15(19-22)18-16(25)23-9-5-7-13(23)12-6-4-8-21(12)3/h4,6,8,11,13H,5,7,9-10H2,1-3H3,(H,18,19,25). The second-order valence-corrected chi connectivity index (χ2v) is 6.38. The molecule has 0 radical (unpaired) electrons. The van der Waals surface area contributed by atoms with Gasteiger partial charge in [-0.25, -0.2) is 14.5 Å². The molecule has 0 saturated carbocycles. The quantitative estimate of drug-likeness (QED) is 0.898. The molecule has 0 spiro atoms. The van der Waals surface area contributed by atoms with E-state index in [0.717, 1.165) is 18.5 Å². The van der Waals surface area contributed by atoms with Gasteiger partial charge < -0.3 is 14.4 Å². The lowest BCUT2D eigenvalue weighted by atomic mass is 10.1. The summed E-state index contributed by atoms with van der Waals surface area (Å²) in [5.74, 6) is 0.111. The largest absolute Gasteiger partial charge is 0.353 e. The number of amides is 3. The van der Waals surface area contributed by atoms with E-state index in [9.17, 15) is 9.59 Å². The van der Waals surface area contributed by atoms with E-state index in [2.05, 4.69) is 15.4 Å². The molecule has 1 fully saturated rings. The van der Waals surface area contributed by atoms with Crippen molar-refractivity contribution in [2.24, 2.45) is 7.05 Å². The second-order valence-electron chi connectivity index (χ2n) is 6.38. The molecule has 3 rings (SSSR count). The molecular weight excluding hydrogens is 322 g/mol. The minimum atomic E-state index is -0.222. The van der Waals surface area contributed by atoms with Crippen LogP contribution in [-0.2, 0) is 18.4 Å². The topological polar surface area (TPSA) is 88.3 Å². The number of carbonyl (C=O) groups is 2. The number of nitrogens with one attached hydrogen (secondary N) is 1. The van der Waals surface area contributed by atoms with Crippen molar-refractivity contribution < 1.29 is 9.59 Å². The number of aryl methyl sites for hydroxylation is 1. The Bertz CT molecular complexity index is 764. The van der Waals surface area contributed by atoms with E-state index in [0.29, 0.717) is 6.54 Å². The highest BCUT2D eigenvalue weighted by molar-refractivity contribution is 5.88. The molecule has 0 aliphatic carbocycles. The summed E-state index contributed by atoms with van der Waals surface area (Å²) < 4.78 is 3.45. The van der Waals surface area contributed by atoms with E-state index in [-0.39, 0.29) is 30.5 Å². The number of aromatic nitrogens is 4. The SMILES string of the molecule is CN(C)C(=O)Cn1cnc(NC(=O)N2CCCC2c2cccn2C)n1. The van der Waals surface area contributed by atoms with Crippen molar-refractivity contribution in [3.05, 3.63) is 30.4 Å². The number of carbonyl (C=O) groups excluding carboxylic acids is 2. The number of urea groups is 1. The molecule has 25 heavy (non-hydrogen) atoms. The maximum absolute atomic E-state index is 12.6. The molecule has 0 aromatic carbocycles. The smallest absolute Gasteiger partial charge is 0.324 e. The Hall–Kier alpha value is -2.84. The van der Waals surface area contributed by atoms with Crippen LogP contribution in [0.15, 0.2) is 24.7 Å². The summed E-state index contributed by atoms with van der Waals surface area (Å²) in [6.45, 7) is 0.785. The van der Waals surface area contributed by atoms with Crippen molar-refractivity contribution in [3.63, 3.8) is 0 Å². The zero-order valence-corrected chi connectivity index (χ0v) is 14.7. The number of nitrogens with zero attached hydrogens (tertiary/aromatic N) is 6. The molecule has 9 nitrogen and oxygen atoms in total. The fraction of sp³-hybridized carbons (Fsp3) is 0.500. The van der Waals surface area contributed by atoms with Gasteiger partial charge in [-0.15, -0.1) is 5.10 Å². The molecule has 2 aromatic rings. The Balaban J connectivity index is 1.65. The highest BCUT2D eigenvalue weighted by Gasteiger charge is 2.31. The lowest BCUT2D eigenvalue weighted by Crippen LogP contribution is -2.35. The normalized spacial score (nSPS) is 16.9. The molecule has 3 heterocycles. The Labute approximate surface area is 146 Å². The molecular formula is C16H23N7O2. The molecule has 1 N–H and O–H groups in total. The van der Waals surface area contributed by atoms with Gasteiger partial charge in [0.25, 0.3) is 0 Å². The minimum absolute atomic E-state index is 0.0532. The van der Waals surface area contributed by atoms with Crippen LogP contribution in [0.3, 0.4) is 0 Å². The Morgan fingerprint density at radius 1 is 1.40 bits per heavy atom. The van der Waals surface area contributed by atoms with Crippen molar-refractivity contribution in [3.8, 4) is 0 Å². The van der Waals surface area contributed by atoms with Gasteiger partial charge in [0, 0.05) is 39.6 Å². The molecule has 134 valence electrons. The Morgan fingerprint density at radius 3 is 2.88 bits per heavy atom. The first kappa shape index (κ1) is 17.0. The van der Waals surface area contributed by atoms with E-state index in [1.165, 1.54) is 15.9 Å². The predicted molar refractivity (Wildman–Crippen MR) is 91.8 cm³/mol. The summed E-state index contributed by atoms with van der Waals surface area (Å²) in [6.07, 6.45) is 5.32. The lowest BCUT2D eigenvalue weighted by Gasteiger charge is -2.24. The van der Waals surface area contributed by atoms with Gasteiger partial charge in [-0.05, 0) is 25.0 Å². The van der Waals surface area contributed by atoms with Gasteiger partial charge in [0.2, 0.25) is 11.9 Å². The van der Waals surface area contributed by atoms with Crippen LogP contribution in [0, 0.1) is 0 Å². The fourth-order valence-electron chi connectivity index (χ4n) is 3.01. The molecule has 1 aliphatic rings. The third-order valence-electron chi connectivity index (χ3n) is 4.39. The molecule has 2 aromatic heterocycles. The first-order valence-electron chi connectivity index (χ1n) is 8.24. The van der Waals surface area contributed by atoms with Crippen LogP contribution in [0.4, 0.5) is 10.7 Å². The number of anilines is 1. The maximum Gasteiger partial charge on any atom is 0.324 e. The van der Waals surface area contributed by atoms with Gasteiger partial charge >= 0.3 is 6.03 Å². The van der Waals surface area contributed by atoms with Crippen LogP contribution in [0.5, 0.6) is 0 Å². The van der Waals surface area contributed by atoms with Crippen LogP contribution < -0.4 is 5.32 Å². The van der Waals surface area contributed by atoms with Crippen molar-refractivity contribution in [2.75, 3.05) is 26.0 Å². The number of hydrogen-bond acceptors (Lipinski definition) is 4. The maximum atomic E-state index is 12.6. The summed E-state index contributed by atoms with van der Waals surface area (Å²) in [5.41, 5.74) is 1.11. The fourth-order valence-corrected chi connectivity index (χ4v) is 3.01. The average Bonchev–Trinajstić information content (AvgIpc) is 3.27. The summed E-state index contributed by atoms with van der Waals surface area (Å²) >= 11 is 0. The first-order chi connectivity index (χ1) is 12.0. The first-order valence-corrected chi connectivity index (χ1v) is 8.24. The highest BCUT2D eigenvalue weighted by Crippen LogP contribution is 2.32. The molecule has 3 amide bonds. The average molecular weight is 345 g/mol. The van der Waals surface area contributed by atoms with Crippen molar-refractivity contribution in [2.45, 2.75) is 25.4 Å². The molecule has 1 aliphatic heterocycles. The van der Waals surface area contributed by atoms with Crippen molar-refractivity contribution in [1.82, 2.24) is 29.1 Å². The third-order valence-corrected chi connectivity index (χ3v) is 4.39. The van der Waals surface area contributed by atoms with Gasteiger partial charge in [0.1, 0.15) is 12.9 Å². The highest BCUT2D eigenvalue weighted by atomic mass is 16.2. The van der Waals surface area contributed by atoms with Crippen LogP contribution in [0.2, 0.25) is 0 Å². The van der Waals surface area contributed by atoms with Crippen molar-refractivity contribution in [1.29, 1.82) is 0 Å². The summed E-state index contributed by atoms with van der Waals surface area (Å²) in [4.78, 5) is 31.7. The summed E-state index contributed by atoms with van der Waals surface area (Å²) in [5, 5.41) is 6.87. The van der Waals surface area contributed by atoms with Crippen molar-refractivity contribution >= 4 is 17.9 Å². The van der Waals surface area contributed by atoms with Gasteiger partial charge in [0.05, 0.1) is 6.04 Å². The lowest BCUT2D eigenvalue weighted by molar-refractivity contribution is -0.129. The van der Waals surface area contributed by atoms with E-state index in [4.69, 9.17) is 0 Å². The van der Waals surface area contributed by atoms with E-state index < -0.39 is 0 Å². The molecule has 0 bridgehead atoms. The van der Waals surface area contributed by atoms with Gasteiger partial charge in [-0.1, -0.05) is 0 Å². The zero-order valence-electron chi connectivity index (χ0n) is 14.7. The molecule has 1 unspecified atom stereocenters. The summed E-state index contributed by atoms with van der Waals surface area (Å²) in [7, 11) is 5.34. The summed E-state index contributed by atoms with van der Waals surface area (Å²) in [6, 6.07) is 3.85. The monoisotopic (exact) mass is 345 g/mol. The molecule has 1 atom stereocenters. The van der Waals surface area contributed by atoms with Crippen LogP contribution >= 0.6 is 0 Å². The molecule has 9 heteroatoms. The van der Waals surface area contributed by atoms with Gasteiger partial charge in [0.15, 0.2) is 0 Å². The number of likely N-dealkylation sites (tertiary alicyclic amines) is 1. The predicted octanol–water partition coefficient (Wildman–Crippen LogP) is 1.07. The van der Waals surface area contributed by atoms with Gasteiger partial charge in [-0.2, -0.15) is 0 Å². The Morgan fingerprint density at radius 2 is 2.20 bits per heavy atom. The number of rotatable bonds is 4. The van der Waals surface area contributed by atoms with E-state index in [1.807, 2.05) is 29.9 Å². The molecule has 1 saturated heterocycles. The number of hydrogen-bond donors (Lipinski definition) is 1. The third kappa shape index (κ3) is 3.65. The van der Waals surface area contributed by atoms with E-state index in [1.54, 1.807) is 19.0 Å². The second kappa shape index (κ2) is 6.96. The van der Waals surface area contributed by atoms with Crippen LogP contribution in [-0.4, -0.2) is 61.7 Å². The number of likely N-dealkylation sites (N-methyl/N-ethyl adjacent to an activating group) is 1. The van der Waals surface area contributed by atoms with E-state index >= 15 is 0 Å². The van der Waals surface area contributed by atoms with Crippen LogP contribution in [0.25, 0.3) is 0 Å². The Kier molecular flexibility index (Phi) is 4.73. The zero-order chi connectivity index (χ0) is 18.0.